The molecule has 2 heterocycles. The van der Waals surface area contributed by atoms with Gasteiger partial charge in [0.2, 0.25) is 5.91 Å². The second kappa shape index (κ2) is 9.09. The van der Waals surface area contributed by atoms with Crippen molar-refractivity contribution in [3.63, 3.8) is 0 Å². The van der Waals surface area contributed by atoms with Crippen molar-refractivity contribution in [2.24, 2.45) is 0 Å². The van der Waals surface area contributed by atoms with Gasteiger partial charge >= 0.3 is 6.09 Å². The number of para-hydroxylation sites is 1. The van der Waals surface area contributed by atoms with Crippen molar-refractivity contribution in [3.8, 4) is 0 Å². The molecule has 0 aliphatic heterocycles. The van der Waals surface area contributed by atoms with Crippen LogP contribution in [0.25, 0.3) is 5.52 Å². The monoisotopic (exact) mass is 395 g/mol. The molecule has 0 saturated carbocycles. The Hall–Kier alpha value is -3.55. The van der Waals surface area contributed by atoms with E-state index in [0.717, 1.165) is 28.0 Å². The fourth-order valence-corrected chi connectivity index (χ4v) is 2.93. The number of hydrogen-bond acceptors (Lipinski definition) is 5. The molecule has 29 heavy (non-hydrogen) atoms. The number of benzene rings is 1. The van der Waals surface area contributed by atoms with Crippen LogP contribution in [0.3, 0.4) is 0 Å². The van der Waals surface area contributed by atoms with Crippen LogP contribution in [0.15, 0.2) is 42.7 Å². The van der Waals surface area contributed by atoms with Crippen LogP contribution in [0, 0.1) is 13.8 Å². The average molecular weight is 395 g/mol. The van der Waals surface area contributed by atoms with Gasteiger partial charge in [-0.1, -0.05) is 25.1 Å². The normalized spacial score (nSPS) is 10.6. The third kappa shape index (κ3) is 4.84. The smallest absolute Gasteiger partial charge is 0.411 e. The molecule has 8 nitrogen and oxygen atoms in total. The molecule has 3 aromatic rings. The second-order valence-electron chi connectivity index (χ2n) is 6.62. The predicted molar refractivity (Wildman–Crippen MR) is 113 cm³/mol. The first kappa shape index (κ1) is 20.2. The molecule has 0 bridgehead atoms. The molecule has 3 N–H and O–H groups in total. The number of nitrogens with zero attached hydrogens (tertiary/aromatic N) is 2. The Morgan fingerprint density at radius 3 is 2.66 bits per heavy atom. The molecular weight excluding hydrogens is 370 g/mol. The lowest BCUT2D eigenvalue weighted by Gasteiger charge is -2.12. The number of aryl methyl sites for hydroxylation is 2. The van der Waals surface area contributed by atoms with E-state index in [0.29, 0.717) is 12.1 Å². The Morgan fingerprint density at radius 2 is 1.93 bits per heavy atom. The zero-order chi connectivity index (χ0) is 20.8. The zero-order valence-corrected chi connectivity index (χ0v) is 16.8. The molecule has 0 atom stereocenters. The summed E-state index contributed by atoms with van der Waals surface area (Å²) in [6, 6.07) is 9.87. The first-order chi connectivity index (χ1) is 14.0. The van der Waals surface area contributed by atoms with Gasteiger partial charge in [-0.05, 0) is 31.5 Å². The maximum atomic E-state index is 12.1. The number of rotatable bonds is 7. The van der Waals surface area contributed by atoms with Crippen molar-refractivity contribution in [2.45, 2.75) is 27.2 Å². The van der Waals surface area contributed by atoms with E-state index >= 15 is 0 Å². The molecule has 1 aromatic carbocycles. The number of anilines is 3. The van der Waals surface area contributed by atoms with Gasteiger partial charge in [-0.25, -0.2) is 9.31 Å². The summed E-state index contributed by atoms with van der Waals surface area (Å²) in [4.78, 5) is 23.3. The van der Waals surface area contributed by atoms with E-state index in [9.17, 15) is 9.59 Å². The van der Waals surface area contributed by atoms with E-state index in [1.807, 2.05) is 44.2 Å². The molecule has 0 aliphatic rings. The van der Waals surface area contributed by atoms with E-state index in [1.165, 1.54) is 0 Å². The van der Waals surface area contributed by atoms with Gasteiger partial charge in [0.05, 0.1) is 35.8 Å². The molecule has 2 amide bonds. The van der Waals surface area contributed by atoms with Gasteiger partial charge in [0, 0.05) is 17.7 Å². The van der Waals surface area contributed by atoms with Crippen molar-refractivity contribution in [1.29, 1.82) is 0 Å². The van der Waals surface area contributed by atoms with Crippen molar-refractivity contribution < 1.29 is 14.3 Å². The number of amides is 2. The maximum absolute atomic E-state index is 12.1. The molecule has 0 aliphatic carbocycles. The van der Waals surface area contributed by atoms with Crippen molar-refractivity contribution in [3.05, 3.63) is 53.9 Å². The van der Waals surface area contributed by atoms with Crippen LogP contribution in [0.2, 0.25) is 0 Å². The van der Waals surface area contributed by atoms with Gasteiger partial charge in [-0.15, -0.1) is 0 Å². The Labute approximate surface area is 169 Å². The SMILES string of the molecule is CCC(=O)NCCOC(=O)Nc1cn2ncc(C)c(Nc3ccccc3)c2c1C. The first-order valence-corrected chi connectivity index (χ1v) is 9.49. The lowest BCUT2D eigenvalue weighted by Crippen LogP contribution is -2.28. The fraction of sp³-hybridized carbons (Fsp3) is 0.286. The highest BCUT2D eigenvalue weighted by Crippen LogP contribution is 2.32. The fourth-order valence-electron chi connectivity index (χ4n) is 2.93. The number of hydrogen-bond donors (Lipinski definition) is 3. The number of fused-ring (bicyclic) bond motifs is 1. The molecular formula is C21H25N5O3. The Morgan fingerprint density at radius 1 is 1.17 bits per heavy atom. The second-order valence-corrected chi connectivity index (χ2v) is 6.62. The molecule has 0 saturated heterocycles. The number of aromatic nitrogens is 2. The minimum absolute atomic E-state index is 0.0802. The van der Waals surface area contributed by atoms with Gasteiger partial charge in [0.15, 0.2) is 0 Å². The highest BCUT2D eigenvalue weighted by molar-refractivity contribution is 5.92. The number of carbonyl (C=O) groups excluding carboxylic acids is 2. The lowest BCUT2D eigenvalue weighted by molar-refractivity contribution is -0.120. The van der Waals surface area contributed by atoms with Crippen LogP contribution in [0.4, 0.5) is 21.9 Å². The molecule has 3 rings (SSSR count). The van der Waals surface area contributed by atoms with E-state index in [4.69, 9.17) is 4.74 Å². The quantitative estimate of drug-likeness (QED) is 0.529. The highest BCUT2D eigenvalue weighted by atomic mass is 16.5. The molecule has 0 radical (unpaired) electrons. The Bertz CT molecular complexity index is 1010. The van der Waals surface area contributed by atoms with Crippen molar-refractivity contribution in [1.82, 2.24) is 14.9 Å². The van der Waals surface area contributed by atoms with Crippen molar-refractivity contribution in [2.75, 3.05) is 23.8 Å². The van der Waals surface area contributed by atoms with Crippen LogP contribution in [0.1, 0.15) is 24.5 Å². The minimum atomic E-state index is -0.580. The number of nitrogens with one attached hydrogen (secondary N) is 3. The zero-order valence-electron chi connectivity index (χ0n) is 16.8. The summed E-state index contributed by atoms with van der Waals surface area (Å²) in [5.74, 6) is -0.0802. The van der Waals surface area contributed by atoms with Crippen LogP contribution in [-0.4, -0.2) is 34.8 Å². The molecule has 8 heteroatoms. The molecule has 2 aromatic heterocycles. The predicted octanol–water partition coefficient (Wildman–Crippen LogP) is 3.77. The molecule has 0 unspecified atom stereocenters. The Kier molecular flexibility index (Phi) is 6.33. The van der Waals surface area contributed by atoms with Crippen LogP contribution < -0.4 is 16.0 Å². The largest absolute Gasteiger partial charge is 0.447 e. The third-order valence-electron chi connectivity index (χ3n) is 4.50. The van der Waals surface area contributed by atoms with E-state index in [2.05, 4.69) is 21.0 Å². The van der Waals surface area contributed by atoms with Gasteiger partial charge in [-0.3, -0.25) is 10.1 Å². The van der Waals surface area contributed by atoms with Crippen LogP contribution in [-0.2, 0) is 9.53 Å². The summed E-state index contributed by atoms with van der Waals surface area (Å²) in [5.41, 5.74) is 5.24. The summed E-state index contributed by atoms with van der Waals surface area (Å²) in [6.45, 7) is 6.05. The van der Waals surface area contributed by atoms with Crippen LogP contribution >= 0.6 is 0 Å². The summed E-state index contributed by atoms with van der Waals surface area (Å²) in [5, 5.41) is 13.3. The van der Waals surface area contributed by atoms with Gasteiger partial charge in [0.25, 0.3) is 0 Å². The van der Waals surface area contributed by atoms with Gasteiger partial charge < -0.3 is 15.4 Å². The summed E-state index contributed by atoms with van der Waals surface area (Å²) in [6.07, 6.45) is 3.34. The first-order valence-electron chi connectivity index (χ1n) is 9.49. The third-order valence-corrected chi connectivity index (χ3v) is 4.50. The topological polar surface area (TPSA) is 96.8 Å². The van der Waals surface area contributed by atoms with Crippen molar-refractivity contribution >= 4 is 34.6 Å². The summed E-state index contributed by atoms with van der Waals surface area (Å²) < 4.78 is 6.86. The van der Waals surface area contributed by atoms with Gasteiger partial charge in [0.1, 0.15) is 6.61 Å². The average Bonchev–Trinajstić information content (AvgIpc) is 3.03. The maximum Gasteiger partial charge on any atom is 0.411 e. The summed E-state index contributed by atoms with van der Waals surface area (Å²) in [7, 11) is 0. The number of carbonyl (C=O) groups is 2. The van der Waals surface area contributed by atoms with E-state index < -0.39 is 6.09 Å². The summed E-state index contributed by atoms with van der Waals surface area (Å²) >= 11 is 0. The van der Waals surface area contributed by atoms with E-state index in [-0.39, 0.29) is 19.1 Å². The molecule has 152 valence electrons. The van der Waals surface area contributed by atoms with Crippen LogP contribution in [0.5, 0.6) is 0 Å². The van der Waals surface area contributed by atoms with E-state index in [1.54, 1.807) is 23.8 Å². The van der Waals surface area contributed by atoms with Gasteiger partial charge in [-0.2, -0.15) is 5.10 Å². The molecule has 0 spiro atoms. The molecule has 0 fully saturated rings. The lowest BCUT2D eigenvalue weighted by atomic mass is 10.1. The number of ether oxygens (including phenoxy) is 1. The Balaban J connectivity index is 1.75. The standard InChI is InChI=1S/C21H25N5O3/c1-4-18(27)22-10-11-29-21(28)25-17-13-26-20(15(17)3)19(14(2)12-23-26)24-16-8-6-5-7-9-16/h5-9,12-13,24H,4,10-11H2,1-3H3,(H,22,27)(H,25,28). The highest BCUT2D eigenvalue weighted by Gasteiger charge is 2.16. The minimum Gasteiger partial charge on any atom is -0.447 e.